The van der Waals surface area contributed by atoms with Crippen molar-refractivity contribution in [2.24, 2.45) is 0 Å². The SMILES string of the molecule is CC(C)(C)OC(=O)NCCCN1CCC([NH3+])CC1. The zero-order valence-electron chi connectivity index (χ0n) is 12.0. The van der Waals surface area contributed by atoms with Crippen LogP contribution in [-0.4, -0.2) is 48.8 Å². The number of carbonyl (C=O) groups excluding carboxylic acids is 1. The third-order valence-corrected chi connectivity index (χ3v) is 3.03. The van der Waals surface area contributed by atoms with E-state index in [2.05, 4.69) is 16.0 Å². The molecule has 1 heterocycles. The first kappa shape index (κ1) is 15.2. The van der Waals surface area contributed by atoms with Gasteiger partial charge in [0, 0.05) is 32.5 Å². The van der Waals surface area contributed by atoms with E-state index in [1.807, 2.05) is 20.8 Å². The maximum atomic E-state index is 11.4. The van der Waals surface area contributed by atoms with Crippen molar-refractivity contribution in [1.82, 2.24) is 10.2 Å². The molecule has 0 aromatic rings. The lowest BCUT2D eigenvalue weighted by Gasteiger charge is -2.28. The van der Waals surface area contributed by atoms with Crippen LogP contribution < -0.4 is 11.1 Å². The highest BCUT2D eigenvalue weighted by Crippen LogP contribution is 2.08. The van der Waals surface area contributed by atoms with E-state index in [1.165, 1.54) is 12.8 Å². The van der Waals surface area contributed by atoms with E-state index in [0.29, 0.717) is 12.6 Å². The van der Waals surface area contributed by atoms with Gasteiger partial charge in [0.1, 0.15) is 5.60 Å². The average molecular weight is 258 g/mol. The van der Waals surface area contributed by atoms with Gasteiger partial charge in [-0.3, -0.25) is 0 Å². The molecule has 1 fully saturated rings. The Morgan fingerprint density at radius 3 is 2.56 bits per heavy atom. The summed E-state index contributed by atoms with van der Waals surface area (Å²) in [5.74, 6) is 0. The molecule has 5 nitrogen and oxygen atoms in total. The molecule has 0 atom stereocenters. The fraction of sp³-hybridized carbons (Fsp3) is 0.923. The molecule has 4 N–H and O–H groups in total. The molecule has 0 radical (unpaired) electrons. The predicted molar refractivity (Wildman–Crippen MR) is 71.2 cm³/mol. The van der Waals surface area contributed by atoms with Crippen LogP contribution in [0.5, 0.6) is 0 Å². The van der Waals surface area contributed by atoms with Crippen LogP contribution in [0, 0.1) is 0 Å². The minimum atomic E-state index is -0.417. The Morgan fingerprint density at radius 2 is 2.00 bits per heavy atom. The molecular weight excluding hydrogens is 230 g/mol. The molecule has 0 spiro atoms. The van der Waals surface area contributed by atoms with Gasteiger partial charge in [-0.25, -0.2) is 4.79 Å². The minimum absolute atomic E-state index is 0.320. The fourth-order valence-corrected chi connectivity index (χ4v) is 2.02. The Labute approximate surface area is 110 Å². The third-order valence-electron chi connectivity index (χ3n) is 3.03. The summed E-state index contributed by atoms with van der Waals surface area (Å²) in [5.41, 5.74) is 3.67. The van der Waals surface area contributed by atoms with E-state index in [-0.39, 0.29) is 6.09 Å². The molecule has 106 valence electrons. The minimum Gasteiger partial charge on any atom is -0.444 e. The van der Waals surface area contributed by atoms with E-state index < -0.39 is 5.60 Å². The van der Waals surface area contributed by atoms with Gasteiger partial charge in [-0.2, -0.15) is 0 Å². The summed E-state index contributed by atoms with van der Waals surface area (Å²) in [6.45, 7) is 9.61. The molecule has 0 unspecified atom stereocenters. The second kappa shape index (κ2) is 6.95. The number of piperidine rings is 1. The van der Waals surface area contributed by atoms with Gasteiger partial charge in [-0.05, 0) is 33.7 Å². The zero-order chi connectivity index (χ0) is 13.6. The van der Waals surface area contributed by atoms with Crippen molar-refractivity contribution < 1.29 is 15.3 Å². The quantitative estimate of drug-likeness (QED) is 0.726. The molecule has 0 aromatic carbocycles. The topological polar surface area (TPSA) is 69.2 Å². The molecule has 0 saturated carbocycles. The Balaban J connectivity index is 2.03. The molecule has 0 aromatic heterocycles. The Morgan fingerprint density at radius 1 is 1.39 bits per heavy atom. The number of alkyl carbamates (subject to hydrolysis) is 1. The number of hydrogen-bond donors (Lipinski definition) is 2. The van der Waals surface area contributed by atoms with Gasteiger partial charge in [0.05, 0.1) is 6.04 Å². The van der Waals surface area contributed by atoms with Gasteiger partial charge in [0.2, 0.25) is 0 Å². The Hall–Kier alpha value is -0.810. The summed E-state index contributed by atoms with van der Waals surface area (Å²) in [6, 6.07) is 0.626. The zero-order valence-corrected chi connectivity index (χ0v) is 12.0. The van der Waals surface area contributed by atoms with Gasteiger partial charge < -0.3 is 20.7 Å². The largest absolute Gasteiger partial charge is 0.444 e. The van der Waals surface area contributed by atoms with Crippen molar-refractivity contribution >= 4 is 6.09 Å². The monoisotopic (exact) mass is 258 g/mol. The van der Waals surface area contributed by atoms with Crippen molar-refractivity contribution in [1.29, 1.82) is 0 Å². The number of carbonyl (C=O) groups is 1. The number of nitrogens with zero attached hydrogens (tertiary/aromatic N) is 1. The summed E-state index contributed by atoms with van der Waals surface area (Å²) in [5, 5.41) is 2.79. The van der Waals surface area contributed by atoms with Crippen molar-refractivity contribution in [3.63, 3.8) is 0 Å². The summed E-state index contributed by atoms with van der Waals surface area (Å²) in [4.78, 5) is 13.8. The molecule has 1 aliphatic rings. The molecule has 1 aliphatic heterocycles. The molecule has 0 aliphatic carbocycles. The maximum absolute atomic E-state index is 11.4. The number of likely N-dealkylation sites (tertiary alicyclic amines) is 1. The summed E-state index contributed by atoms with van der Waals surface area (Å²) < 4.78 is 5.17. The van der Waals surface area contributed by atoms with Gasteiger partial charge >= 0.3 is 6.09 Å². The van der Waals surface area contributed by atoms with Gasteiger partial charge in [0.25, 0.3) is 0 Å². The van der Waals surface area contributed by atoms with E-state index in [0.717, 1.165) is 26.1 Å². The number of amides is 1. The van der Waals surface area contributed by atoms with Crippen molar-refractivity contribution in [3.8, 4) is 0 Å². The van der Waals surface area contributed by atoms with E-state index in [9.17, 15) is 4.79 Å². The summed E-state index contributed by atoms with van der Waals surface area (Å²) >= 11 is 0. The second-order valence-electron chi connectivity index (χ2n) is 6.07. The number of hydrogen-bond acceptors (Lipinski definition) is 3. The van der Waals surface area contributed by atoms with Crippen LogP contribution in [0.15, 0.2) is 0 Å². The molecule has 1 saturated heterocycles. The fourth-order valence-electron chi connectivity index (χ4n) is 2.02. The lowest BCUT2D eigenvalue weighted by molar-refractivity contribution is -0.426. The molecule has 1 amide bonds. The molecule has 0 bridgehead atoms. The number of nitrogens with one attached hydrogen (secondary N) is 1. The third kappa shape index (κ3) is 6.81. The van der Waals surface area contributed by atoms with Gasteiger partial charge in [-0.1, -0.05) is 0 Å². The molecule has 5 heteroatoms. The Bertz CT molecular complexity index is 255. The molecule has 18 heavy (non-hydrogen) atoms. The highest BCUT2D eigenvalue weighted by Gasteiger charge is 2.18. The highest BCUT2D eigenvalue weighted by atomic mass is 16.6. The number of quaternary nitrogens is 1. The standard InChI is InChI=1S/C13H27N3O2/c1-13(2,3)18-12(17)15-7-4-8-16-9-5-11(14)6-10-16/h11H,4-10,14H2,1-3H3,(H,15,17)/p+1. The van der Waals surface area contributed by atoms with Crippen molar-refractivity contribution in [3.05, 3.63) is 0 Å². The Kier molecular flexibility index (Phi) is 5.88. The first-order valence-corrected chi connectivity index (χ1v) is 6.89. The normalized spacial score (nSPS) is 18.7. The first-order valence-electron chi connectivity index (χ1n) is 6.89. The van der Waals surface area contributed by atoms with Gasteiger partial charge in [-0.15, -0.1) is 0 Å². The second-order valence-corrected chi connectivity index (χ2v) is 6.07. The van der Waals surface area contributed by atoms with Crippen LogP contribution in [0.2, 0.25) is 0 Å². The summed E-state index contributed by atoms with van der Waals surface area (Å²) in [7, 11) is 0. The lowest BCUT2D eigenvalue weighted by Crippen LogP contribution is -2.64. The van der Waals surface area contributed by atoms with Crippen molar-refractivity contribution in [2.45, 2.75) is 51.7 Å². The average Bonchev–Trinajstić information content (AvgIpc) is 2.24. The maximum Gasteiger partial charge on any atom is 0.407 e. The van der Waals surface area contributed by atoms with Crippen molar-refractivity contribution in [2.75, 3.05) is 26.2 Å². The smallest absolute Gasteiger partial charge is 0.407 e. The van der Waals surface area contributed by atoms with Crippen LogP contribution in [-0.2, 0) is 4.74 Å². The lowest BCUT2D eigenvalue weighted by atomic mass is 10.1. The van der Waals surface area contributed by atoms with Crippen LogP contribution >= 0.6 is 0 Å². The van der Waals surface area contributed by atoms with Crippen LogP contribution in [0.1, 0.15) is 40.0 Å². The predicted octanol–water partition coefficient (Wildman–Crippen LogP) is 0.608. The number of ether oxygens (including phenoxy) is 1. The number of rotatable bonds is 4. The van der Waals surface area contributed by atoms with Crippen LogP contribution in [0.3, 0.4) is 0 Å². The highest BCUT2D eigenvalue weighted by molar-refractivity contribution is 5.67. The van der Waals surface area contributed by atoms with Crippen LogP contribution in [0.4, 0.5) is 4.79 Å². The van der Waals surface area contributed by atoms with E-state index in [1.54, 1.807) is 0 Å². The first-order chi connectivity index (χ1) is 8.37. The van der Waals surface area contributed by atoms with Gasteiger partial charge in [0.15, 0.2) is 0 Å². The molecular formula is C13H28N3O2+. The van der Waals surface area contributed by atoms with E-state index in [4.69, 9.17) is 4.74 Å². The molecule has 1 rings (SSSR count). The van der Waals surface area contributed by atoms with E-state index >= 15 is 0 Å². The summed E-state index contributed by atoms with van der Waals surface area (Å²) in [6.07, 6.45) is 3.04. The van der Waals surface area contributed by atoms with Crippen LogP contribution in [0.25, 0.3) is 0 Å².